The van der Waals surface area contributed by atoms with E-state index in [-0.39, 0.29) is 5.91 Å². The first kappa shape index (κ1) is 19.0. The SMILES string of the molecule is Cc1nn(C)c(C(=O)NCc2cn(-c3ccccc3)nc2-c2ccccc2)c1Cl. The Hall–Kier alpha value is -3.38. The lowest BCUT2D eigenvalue weighted by Crippen LogP contribution is -2.25. The number of nitrogens with zero attached hydrogens (tertiary/aromatic N) is 4. The molecule has 0 bridgehead atoms. The van der Waals surface area contributed by atoms with Gasteiger partial charge in [0.2, 0.25) is 0 Å². The normalized spacial score (nSPS) is 10.9. The van der Waals surface area contributed by atoms with Crippen LogP contribution in [0.25, 0.3) is 16.9 Å². The van der Waals surface area contributed by atoms with Crippen LogP contribution in [0.3, 0.4) is 0 Å². The van der Waals surface area contributed by atoms with E-state index in [4.69, 9.17) is 16.7 Å². The molecule has 0 atom stereocenters. The summed E-state index contributed by atoms with van der Waals surface area (Å²) in [5.41, 5.74) is 4.64. The predicted molar refractivity (Wildman–Crippen MR) is 113 cm³/mol. The van der Waals surface area contributed by atoms with Gasteiger partial charge in [-0.3, -0.25) is 9.48 Å². The van der Waals surface area contributed by atoms with Gasteiger partial charge < -0.3 is 5.32 Å². The molecule has 6 nitrogen and oxygen atoms in total. The number of hydrogen-bond acceptors (Lipinski definition) is 3. The number of carbonyl (C=O) groups is 1. The van der Waals surface area contributed by atoms with Crippen LogP contribution in [-0.4, -0.2) is 25.5 Å². The van der Waals surface area contributed by atoms with E-state index in [0.717, 1.165) is 22.5 Å². The molecule has 0 aliphatic rings. The number of aromatic nitrogens is 4. The van der Waals surface area contributed by atoms with Crippen LogP contribution in [0, 0.1) is 6.92 Å². The number of amides is 1. The molecule has 0 radical (unpaired) electrons. The number of carbonyl (C=O) groups excluding carboxylic acids is 1. The Morgan fingerprint density at radius 2 is 1.69 bits per heavy atom. The van der Waals surface area contributed by atoms with Crippen molar-refractivity contribution < 1.29 is 4.79 Å². The highest BCUT2D eigenvalue weighted by Crippen LogP contribution is 2.24. The Morgan fingerprint density at radius 3 is 2.31 bits per heavy atom. The van der Waals surface area contributed by atoms with Crippen LogP contribution >= 0.6 is 11.6 Å². The second-order valence-corrected chi connectivity index (χ2v) is 7.08. The highest BCUT2D eigenvalue weighted by atomic mass is 35.5. The predicted octanol–water partition coefficient (Wildman–Crippen LogP) is 4.16. The molecule has 0 aliphatic heterocycles. The number of para-hydroxylation sites is 1. The summed E-state index contributed by atoms with van der Waals surface area (Å²) in [6.07, 6.45) is 1.94. The molecule has 2 aromatic carbocycles. The first-order valence-electron chi connectivity index (χ1n) is 9.21. The molecule has 2 heterocycles. The van der Waals surface area contributed by atoms with Crippen LogP contribution in [0.4, 0.5) is 0 Å². The van der Waals surface area contributed by atoms with Gasteiger partial charge in [0.25, 0.3) is 5.91 Å². The third kappa shape index (κ3) is 3.79. The molecule has 0 fully saturated rings. The summed E-state index contributed by atoms with van der Waals surface area (Å²) in [5, 5.41) is 12.3. The van der Waals surface area contributed by atoms with Crippen molar-refractivity contribution >= 4 is 17.5 Å². The average Bonchev–Trinajstić information content (AvgIpc) is 3.28. The van der Waals surface area contributed by atoms with Crippen molar-refractivity contribution in [2.24, 2.45) is 7.05 Å². The molecule has 0 saturated carbocycles. The van der Waals surface area contributed by atoms with Gasteiger partial charge in [-0.15, -0.1) is 0 Å². The smallest absolute Gasteiger partial charge is 0.271 e. The van der Waals surface area contributed by atoms with Crippen molar-refractivity contribution in [3.63, 3.8) is 0 Å². The average molecular weight is 406 g/mol. The monoisotopic (exact) mass is 405 g/mol. The van der Waals surface area contributed by atoms with E-state index in [1.165, 1.54) is 4.68 Å². The number of aryl methyl sites for hydroxylation is 2. The molecule has 0 spiro atoms. The molecule has 7 heteroatoms. The molecule has 146 valence electrons. The van der Waals surface area contributed by atoms with Crippen LogP contribution in [0.2, 0.25) is 5.02 Å². The minimum absolute atomic E-state index is 0.274. The number of hydrogen-bond donors (Lipinski definition) is 1. The number of rotatable bonds is 5. The molecule has 1 amide bonds. The van der Waals surface area contributed by atoms with Crippen LogP contribution in [0.1, 0.15) is 21.7 Å². The summed E-state index contributed by atoms with van der Waals surface area (Å²) in [4.78, 5) is 12.7. The zero-order valence-corrected chi connectivity index (χ0v) is 16.9. The Balaban J connectivity index is 1.65. The summed E-state index contributed by atoms with van der Waals surface area (Å²) < 4.78 is 3.32. The lowest BCUT2D eigenvalue weighted by molar-refractivity contribution is 0.0941. The van der Waals surface area contributed by atoms with Gasteiger partial charge in [-0.25, -0.2) is 4.68 Å². The molecule has 0 aliphatic carbocycles. The van der Waals surface area contributed by atoms with Crippen LogP contribution < -0.4 is 5.32 Å². The molecular formula is C22H20ClN5O. The summed E-state index contributed by atoms with van der Waals surface area (Å²) in [6.45, 7) is 2.09. The highest BCUT2D eigenvalue weighted by molar-refractivity contribution is 6.34. The summed E-state index contributed by atoms with van der Waals surface area (Å²) >= 11 is 6.24. The van der Waals surface area contributed by atoms with E-state index in [1.54, 1.807) is 14.0 Å². The maximum absolute atomic E-state index is 12.7. The van der Waals surface area contributed by atoms with E-state index < -0.39 is 0 Å². The van der Waals surface area contributed by atoms with E-state index in [2.05, 4.69) is 10.4 Å². The summed E-state index contributed by atoms with van der Waals surface area (Å²) in [6, 6.07) is 19.8. The fraction of sp³-hybridized carbons (Fsp3) is 0.136. The maximum Gasteiger partial charge on any atom is 0.271 e. The lowest BCUT2D eigenvalue weighted by atomic mass is 10.1. The van der Waals surface area contributed by atoms with Gasteiger partial charge in [-0.2, -0.15) is 10.2 Å². The zero-order chi connectivity index (χ0) is 20.4. The van der Waals surface area contributed by atoms with Gasteiger partial charge in [0, 0.05) is 30.9 Å². The van der Waals surface area contributed by atoms with E-state index in [9.17, 15) is 4.79 Å². The fourth-order valence-corrected chi connectivity index (χ4v) is 3.48. The molecule has 1 N–H and O–H groups in total. The van der Waals surface area contributed by atoms with Gasteiger partial charge in [0.05, 0.1) is 22.1 Å². The van der Waals surface area contributed by atoms with E-state index in [0.29, 0.717) is 23.0 Å². The topological polar surface area (TPSA) is 64.7 Å². The van der Waals surface area contributed by atoms with Gasteiger partial charge >= 0.3 is 0 Å². The van der Waals surface area contributed by atoms with Gasteiger partial charge in [-0.05, 0) is 19.1 Å². The minimum Gasteiger partial charge on any atom is -0.346 e. The number of nitrogens with one attached hydrogen (secondary N) is 1. The quantitative estimate of drug-likeness (QED) is 0.542. The number of halogens is 1. The Kier molecular flexibility index (Phi) is 5.18. The fourth-order valence-electron chi connectivity index (χ4n) is 3.23. The van der Waals surface area contributed by atoms with E-state index >= 15 is 0 Å². The second kappa shape index (κ2) is 7.93. The van der Waals surface area contributed by atoms with Crippen LogP contribution in [0.5, 0.6) is 0 Å². The Bertz CT molecular complexity index is 1150. The van der Waals surface area contributed by atoms with Crippen molar-refractivity contribution in [3.05, 3.63) is 88.8 Å². The maximum atomic E-state index is 12.7. The lowest BCUT2D eigenvalue weighted by Gasteiger charge is -2.06. The van der Waals surface area contributed by atoms with Gasteiger partial charge in [0.15, 0.2) is 0 Å². The highest BCUT2D eigenvalue weighted by Gasteiger charge is 2.20. The van der Waals surface area contributed by atoms with Crippen molar-refractivity contribution in [2.45, 2.75) is 13.5 Å². The molecule has 0 saturated heterocycles. The van der Waals surface area contributed by atoms with Gasteiger partial charge in [-0.1, -0.05) is 60.1 Å². The molecule has 0 unspecified atom stereocenters. The first-order chi connectivity index (χ1) is 14.0. The first-order valence-corrected chi connectivity index (χ1v) is 9.59. The standard InChI is InChI=1S/C22H20ClN5O/c1-15-19(23)21(27(2)25-15)22(29)24-13-17-14-28(18-11-7-4-8-12-18)26-20(17)16-9-5-3-6-10-16/h3-12,14H,13H2,1-2H3,(H,24,29). The Labute approximate surface area is 173 Å². The molecule has 29 heavy (non-hydrogen) atoms. The van der Waals surface area contributed by atoms with E-state index in [1.807, 2.05) is 71.5 Å². The van der Waals surface area contributed by atoms with Crippen LogP contribution in [0.15, 0.2) is 66.9 Å². The van der Waals surface area contributed by atoms with Gasteiger partial charge in [0.1, 0.15) is 5.69 Å². The van der Waals surface area contributed by atoms with Crippen molar-refractivity contribution in [1.82, 2.24) is 24.9 Å². The summed E-state index contributed by atoms with van der Waals surface area (Å²) in [5.74, 6) is -0.274. The van der Waals surface area contributed by atoms with Crippen molar-refractivity contribution in [1.29, 1.82) is 0 Å². The largest absolute Gasteiger partial charge is 0.346 e. The number of benzene rings is 2. The molecule has 4 rings (SSSR count). The molecule has 4 aromatic rings. The van der Waals surface area contributed by atoms with Crippen molar-refractivity contribution in [2.75, 3.05) is 0 Å². The summed E-state index contributed by atoms with van der Waals surface area (Å²) in [7, 11) is 1.70. The molecular weight excluding hydrogens is 386 g/mol. The minimum atomic E-state index is -0.274. The third-order valence-corrected chi connectivity index (χ3v) is 5.11. The van der Waals surface area contributed by atoms with Crippen molar-refractivity contribution in [3.8, 4) is 16.9 Å². The zero-order valence-electron chi connectivity index (χ0n) is 16.1. The third-order valence-electron chi connectivity index (χ3n) is 4.66. The molecule has 2 aromatic heterocycles. The Morgan fingerprint density at radius 1 is 1.03 bits per heavy atom. The second-order valence-electron chi connectivity index (χ2n) is 6.70. The van der Waals surface area contributed by atoms with Crippen LogP contribution in [-0.2, 0) is 13.6 Å².